The number of nitrogens with one attached hydrogen (secondary N) is 2. The first-order chi connectivity index (χ1) is 19.2. The Morgan fingerprint density at radius 1 is 1.20 bits per heavy atom. The lowest BCUT2D eigenvalue weighted by molar-refractivity contribution is -0.144. The molecule has 3 rings (SSSR count). The Morgan fingerprint density at radius 3 is 2.44 bits per heavy atom. The van der Waals surface area contributed by atoms with E-state index in [2.05, 4.69) is 28.7 Å². The molecule has 1 aromatic carbocycles. The number of aliphatic carboxylic acids is 1. The highest BCUT2D eigenvalue weighted by Gasteiger charge is 2.30. The van der Waals surface area contributed by atoms with Crippen LogP contribution in [0, 0.1) is 11.3 Å². The molecule has 1 fully saturated rings. The highest BCUT2D eigenvalue weighted by molar-refractivity contribution is 5.89. The predicted molar refractivity (Wildman–Crippen MR) is 157 cm³/mol. The first-order valence-electron chi connectivity index (χ1n) is 13.8. The molecule has 3 atom stereocenters. The van der Waals surface area contributed by atoms with Crippen LogP contribution in [-0.4, -0.2) is 68.6 Å². The highest BCUT2D eigenvalue weighted by Crippen LogP contribution is 2.21. The van der Waals surface area contributed by atoms with Crippen molar-refractivity contribution >= 4 is 40.7 Å². The molecule has 0 spiro atoms. The third kappa shape index (κ3) is 9.65. The standard InChI is InChI=1S/C17H19NO2.C13H24N4O4/c1-4-14-8-7-13-6-5-12(11-15(13)18-14)9-10-17(2,3)16(19)20;1-7(2)10(18)12(20)15-8(3)13(21)17-6-4-5-9(16-17)11(14)19/h5-11H,4H2,1-3H3,(H,19,20);7-10,16,18H,4-6H2,1-3H3,(H2,14,19)(H,15,20)/b10-9+;. The molecular formula is C30H43N5O6. The maximum Gasteiger partial charge on any atom is 0.312 e. The van der Waals surface area contributed by atoms with Gasteiger partial charge in [-0.2, -0.15) is 0 Å². The van der Waals surface area contributed by atoms with Gasteiger partial charge < -0.3 is 21.3 Å². The van der Waals surface area contributed by atoms with Crippen LogP contribution in [0.1, 0.15) is 65.6 Å². The number of hydrogen-bond donors (Lipinski definition) is 5. The quantitative estimate of drug-likeness (QED) is 0.306. The second-order valence-corrected chi connectivity index (χ2v) is 11.1. The molecule has 1 saturated heterocycles. The molecule has 11 nitrogen and oxygen atoms in total. The van der Waals surface area contributed by atoms with Crippen molar-refractivity contribution in [2.24, 2.45) is 17.1 Å². The molecule has 1 aliphatic rings. The van der Waals surface area contributed by atoms with Crippen molar-refractivity contribution in [2.45, 2.75) is 79.0 Å². The fourth-order valence-corrected chi connectivity index (χ4v) is 3.90. The molecule has 11 heteroatoms. The molecule has 0 aliphatic carbocycles. The first kappa shape index (κ1) is 33.4. The van der Waals surface area contributed by atoms with E-state index in [1.165, 1.54) is 11.9 Å². The van der Waals surface area contributed by atoms with Gasteiger partial charge in [0.25, 0.3) is 5.91 Å². The molecule has 3 unspecified atom stereocenters. The summed E-state index contributed by atoms with van der Waals surface area (Å²) in [6, 6.07) is 8.69. The molecule has 0 bridgehead atoms. The van der Waals surface area contributed by atoms with Crippen LogP contribution in [0.25, 0.3) is 17.0 Å². The number of amides is 3. The average molecular weight is 570 g/mol. The van der Waals surface area contributed by atoms with Crippen molar-refractivity contribution in [1.29, 1.82) is 0 Å². The number of carboxylic acid groups (broad SMARTS) is 1. The van der Waals surface area contributed by atoms with E-state index in [0.29, 0.717) is 19.4 Å². The van der Waals surface area contributed by atoms with Crippen LogP contribution in [0.3, 0.4) is 0 Å². The second-order valence-electron chi connectivity index (χ2n) is 11.1. The maximum atomic E-state index is 12.2. The van der Waals surface area contributed by atoms with Gasteiger partial charge in [0.1, 0.15) is 18.2 Å². The number of nitrogens with two attached hydrogens (primary N) is 1. The number of hydrazine groups is 1. The minimum absolute atomic E-state index is 0.236. The Hall–Kier alpha value is -3.83. The number of carbonyl (C=O) groups excluding carboxylic acids is 3. The van der Waals surface area contributed by atoms with Gasteiger partial charge in [-0.15, -0.1) is 0 Å². The van der Waals surface area contributed by atoms with Crippen molar-refractivity contribution < 1.29 is 29.4 Å². The summed E-state index contributed by atoms with van der Waals surface area (Å²) in [5, 5.41) is 23.6. The smallest absolute Gasteiger partial charge is 0.312 e. The lowest BCUT2D eigenvalue weighted by atomic mass is 9.92. The Labute approximate surface area is 241 Å². The van der Waals surface area contributed by atoms with Gasteiger partial charge in [-0.1, -0.05) is 51.1 Å². The molecule has 224 valence electrons. The number of pyridine rings is 1. The van der Waals surface area contributed by atoms with E-state index in [1.54, 1.807) is 33.8 Å². The van der Waals surface area contributed by atoms with Crippen molar-refractivity contribution in [3.05, 3.63) is 47.7 Å². The monoisotopic (exact) mass is 569 g/mol. The molecular weight excluding hydrogens is 526 g/mol. The van der Waals surface area contributed by atoms with Crippen LogP contribution in [0.4, 0.5) is 0 Å². The SMILES string of the molecule is CC(NC(=O)C(O)C(C)C)C(=O)N1CCCC(C(N)=O)N1.CCc1ccc2ccc(/C=C/C(C)(C)C(=O)O)cc2n1. The molecule has 6 N–H and O–H groups in total. The average Bonchev–Trinajstić information content (AvgIpc) is 2.94. The summed E-state index contributed by atoms with van der Waals surface area (Å²) in [7, 11) is 0. The van der Waals surface area contributed by atoms with Gasteiger partial charge in [0, 0.05) is 17.6 Å². The molecule has 1 aliphatic heterocycles. The van der Waals surface area contributed by atoms with Crippen LogP contribution in [0.2, 0.25) is 0 Å². The van der Waals surface area contributed by atoms with Gasteiger partial charge >= 0.3 is 5.97 Å². The molecule has 2 heterocycles. The van der Waals surface area contributed by atoms with Gasteiger partial charge in [-0.25, -0.2) is 5.43 Å². The van der Waals surface area contributed by atoms with E-state index in [4.69, 9.17) is 10.8 Å². The molecule has 1 aromatic heterocycles. The number of fused-ring (bicyclic) bond motifs is 1. The second kappa shape index (κ2) is 14.7. The number of benzene rings is 1. The number of hydrogen-bond acceptors (Lipinski definition) is 7. The Bertz CT molecular complexity index is 1280. The normalized spacial score (nSPS) is 17.1. The van der Waals surface area contributed by atoms with Crippen LogP contribution in [0.15, 0.2) is 36.4 Å². The minimum Gasteiger partial charge on any atom is -0.481 e. The lowest BCUT2D eigenvalue weighted by Gasteiger charge is -2.34. The van der Waals surface area contributed by atoms with Crippen molar-refractivity contribution in [1.82, 2.24) is 20.7 Å². The summed E-state index contributed by atoms with van der Waals surface area (Å²) in [5.74, 6) is -2.54. The molecule has 0 saturated carbocycles. The van der Waals surface area contributed by atoms with Crippen molar-refractivity contribution in [3.63, 3.8) is 0 Å². The van der Waals surface area contributed by atoms with E-state index in [-0.39, 0.29) is 11.8 Å². The van der Waals surface area contributed by atoms with Crippen molar-refractivity contribution in [3.8, 4) is 0 Å². The third-order valence-electron chi connectivity index (χ3n) is 6.80. The van der Waals surface area contributed by atoms with Gasteiger partial charge in [-0.3, -0.25) is 29.2 Å². The zero-order chi connectivity index (χ0) is 30.9. The highest BCUT2D eigenvalue weighted by atomic mass is 16.4. The van der Waals surface area contributed by atoms with Crippen molar-refractivity contribution in [2.75, 3.05) is 6.54 Å². The number of aromatic nitrogens is 1. The van der Waals surface area contributed by atoms with E-state index < -0.39 is 41.4 Å². The number of aliphatic hydroxyl groups is 1. The van der Waals surface area contributed by atoms with Crippen LogP contribution in [0.5, 0.6) is 0 Å². The summed E-state index contributed by atoms with van der Waals surface area (Å²) >= 11 is 0. The third-order valence-corrected chi connectivity index (χ3v) is 6.80. The van der Waals surface area contributed by atoms with E-state index >= 15 is 0 Å². The Morgan fingerprint density at radius 2 is 1.85 bits per heavy atom. The Balaban J connectivity index is 0.000000287. The topological polar surface area (TPSA) is 175 Å². The fourth-order valence-electron chi connectivity index (χ4n) is 3.90. The van der Waals surface area contributed by atoms with Crippen LogP contribution in [-0.2, 0) is 25.6 Å². The number of aliphatic hydroxyl groups excluding tert-OH is 1. The number of primary amides is 1. The van der Waals surface area contributed by atoms with Gasteiger partial charge in [0.2, 0.25) is 11.8 Å². The van der Waals surface area contributed by atoms with Crippen LogP contribution < -0.4 is 16.5 Å². The fraction of sp³-hybridized carbons (Fsp3) is 0.500. The molecule has 2 aromatic rings. The van der Waals surface area contributed by atoms with Crippen LogP contribution >= 0.6 is 0 Å². The van der Waals surface area contributed by atoms with E-state index in [0.717, 1.165) is 28.6 Å². The van der Waals surface area contributed by atoms with E-state index in [1.807, 2.05) is 30.3 Å². The minimum atomic E-state index is -1.16. The number of rotatable bonds is 9. The zero-order valence-corrected chi connectivity index (χ0v) is 24.7. The number of nitrogens with zero attached hydrogens (tertiary/aromatic N) is 2. The lowest BCUT2D eigenvalue weighted by Crippen LogP contribution is -2.60. The summed E-state index contributed by atoms with van der Waals surface area (Å²) < 4.78 is 0. The van der Waals surface area contributed by atoms with Gasteiger partial charge in [-0.05, 0) is 63.6 Å². The molecule has 41 heavy (non-hydrogen) atoms. The predicted octanol–water partition coefficient (Wildman–Crippen LogP) is 2.41. The number of carboxylic acids is 1. The molecule has 0 radical (unpaired) electrons. The van der Waals surface area contributed by atoms with Gasteiger partial charge in [0.05, 0.1) is 10.9 Å². The van der Waals surface area contributed by atoms with E-state index in [9.17, 15) is 24.3 Å². The summed E-state index contributed by atoms with van der Waals surface area (Å²) in [6.07, 6.45) is 4.52. The first-order valence-corrected chi connectivity index (χ1v) is 13.8. The summed E-state index contributed by atoms with van der Waals surface area (Å²) in [6.45, 7) is 10.8. The summed E-state index contributed by atoms with van der Waals surface area (Å²) in [5.41, 5.74) is 10.1. The van der Waals surface area contributed by atoms with Gasteiger partial charge in [0.15, 0.2) is 0 Å². The number of carbonyl (C=O) groups is 4. The largest absolute Gasteiger partial charge is 0.481 e. The Kier molecular flexibility index (Phi) is 12.0. The number of aryl methyl sites for hydroxylation is 1. The molecule has 3 amide bonds. The summed E-state index contributed by atoms with van der Waals surface area (Å²) in [4.78, 5) is 50.7. The maximum absolute atomic E-state index is 12.2. The zero-order valence-electron chi connectivity index (χ0n) is 24.7.